The summed E-state index contributed by atoms with van der Waals surface area (Å²) in [6, 6.07) is 15.3. The number of likely N-dealkylation sites (tertiary alicyclic amines) is 1. The average molecular weight is 429 g/mol. The predicted octanol–water partition coefficient (Wildman–Crippen LogP) is 3.94. The number of amides is 1. The molecule has 1 fully saturated rings. The van der Waals surface area contributed by atoms with Crippen LogP contribution in [0.3, 0.4) is 0 Å². The number of carbonyl (C=O) groups is 1. The molecule has 1 aliphatic rings. The molecule has 6 heteroatoms. The van der Waals surface area contributed by atoms with Gasteiger partial charge in [-0.15, -0.1) is 0 Å². The molecule has 1 atom stereocenters. The van der Waals surface area contributed by atoms with Gasteiger partial charge in [-0.25, -0.2) is 8.42 Å². The fourth-order valence-corrected chi connectivity index (χ4v) is 5.52. The molecule has 0 bridgehead atoms. The summed E-state index contributed by atoms with van der Waals surface area (Å²) < 4.78 is 26.6. The molecule has 1 heterocycles. The summed E-state index contributed by atoms with van der Waals surface area (Å²) in [4.78, 5) is 15.1. The fourth-order valence-electron chi connectivity index (χ4n) is 4.30. The summed E-state index contributed by atoms with van der Waals surface area (Å²) in [5.41, 5.74) is 3.71. The van der Waals surface area contributed by atoms with E-state index in [1.807, 2.05) is 43.0 Å². The topological polar surface area (TPSA) is 57.7 Å². The van der Waals surface area contributed by atoms with Crippen LogP contribution in [-0.4, -0.2) is 44.6 Å². The number of rotatable bonds is 6. The normalized spacial score (nSPS) is 16.3. The number of carbonyl (C=O) groups excluding carboxylic acids is 1. The number of sulfonamides is 1. The van der Waals surface area contributed by atoms with Gasteiger partial charge in [0.05, 0.1) is 11.9 Å². The molecule has 0 unspecified atom stereocenters. The van der Waals surface area contributed by atoms with Crippen LogP contribution in [-0.2, 0) is 21.2 Å². The van der Waals surface area contributed by atoms with Crippen molar-refractivity contribution < 1.29 is 13.2 Å². The molecule has 162 valence electrons. The summed E-state index contributed by atoms with van der Waals surface area (Å²) in [6.45, 7) is 6.84. The Balaban J connectivity index is 1.71. The third-order valence-corrected chi connectivity index (χ3v) is 7.19. The van der Waals surface area contributed by atoms with E-state index in [0.717, 1.165) is 30.4 Å². The van der Waals surface area contributed by atoms with Gasteiger partial charge in [0.15, 0.2) is 0 Å². The van der Waals surface area contributed by atoms with Crippen molar-refractivity contribution in [2.24, 2.45) is 5.92 Å². The van der Waals surface area contributed by atoms with Gasteiger partial charge in [-0.2, -0.15) is 0 Å². The SMILES string of the molecule is Cc1ccc(C)c(N([C@H](C)C(=O)N2CCC(Cc3ccccc3)CC2)S(C)(=O)=O)c1. The van der Waals surface area contributed by atoms with Gasteiger partial charge in [0.25, 0.3) is 0 Å². The summed E-state index contributed by atoms with van der Waals surface area (Å²) in [5, 5.41) is 0. The van der Waals surface area contributed by atoms with E-state index in [1.54, 1.807) is 6.92 Å². The van der Waals surface area contributed by atoms with Crippen LogP contribution >= 0.6 is 0 Å². The second-order valence-corrected chi connectivity index (χ2v) is 10.3. The van der Waals surface area contributed by atoms with Crippen LogP contribution in [0.4, 0.5) is 5.69 Å². The molecular formula is C24H32N2O3S. The molecule has 0 aromatic heterocycles. The highest BCUT2D eigenvalue weighted by Gasteiger charge is 2.34. The maximum atomic E-state index is 13.2. The first-order valence-corrected chi connectivity index (χ1v) is 12.4. The lowest BCUT2D eigenvalue weighted by atomic mass is 9.90. The van der Waals surface area contributed by atoms with E-state index in [2.05, 4.69) is 24.3 Å². The van der Waals surface area contributed by atoms with Crippen molar-refractivity contribution >= 4 is 21.6 Å². The molecule has 1 amide bonds. The van der Waals surface area contributed by atoms with E-state index in [4.69, 9.17) is 0 Å². The molecule has 0 spiro atoms. The number of nitrogens with zero attached hydrogens (tertiary/aromatic N) is 2. The first kappa shape index (κ1) is 22.3. The summed E-state index contributed by atoms with van der Waals surface area (Å²) in [6.07, 6.45) is 4.08. The molecule has 30 heavy (non-hydrogen) atoms. The fraction of sp³-hybridized carbons (Fsp3) is 0.458. The lowest BCUT2D eigenvalue weighted by Crippen LogP contribution is -2.51. The number of benzene rings is 2. The highest BCUT2D eigenvalue weighted by Crippen LogP contribution is 2.28. The summed E-state index contributed by atoms with van der Waals surface area (Å²) in [7, 11) is -3.61. The smallest absolute Gasteiger partial charge is 0.246 e. The molecule has 1 saturated heterocycles. The van der Waals surface area contributed by atoms with Gasteiger partial charge in [-0.3, -0.25) is 9.10 Å². The predicted molar refractivity (Wildman–Crippen MR) is 122 cm³/mol. The maximum Gasteiger partial charge on any atom is 0.246 e. The summed E-state index contributed by atoms with van der Waals surface area (Å²) >= 11 is 0. The first-order valence-electron chi connectivity index (χ1n) is 10.6. The van der Waals surface area contributed by atoms with E-state index in [9.17, 15) is 13.2 Å². The van der Waals surface area contributed by atoms with E-state index in [1.165, 1.54) is 16.1 Å². The zero-order chi connectivity index (χ0) is 21.9. The van der Waals surface area contributed by atoms with Crippen LogP contribution in [0.15, 0.2) is 48.5 Å². The van der Waals surface area contributed by atoms with Crippen molar-refractivity contribution in [3.8, 4) is 0 Å². The highest BCUT2D eigenvalue weighted by atomic mass is 32.2. The van der Waals surface area contributed by atoms with Crippen LogP contribution in [0.5, 0.6) is 0 Å². The number of hydrogen-bond donors (Lipinski definition) is 0. The Bertz CT molecular complexity index is 981. The van der Waals surface area contributed by atoms with Crippen LogP contribution in [0.2, 0.25) is 0 Å². The van der Waals surface area contributed by atoms with Crippen LogP contribution in [0, 0.1) is 19.8 Å². The van der Waals surface area contributed by atoms with Gasteiger partial charge < -0.3 is 4.90 Å². The van der Waals surface area contributed by atoms with Crippen molar-refractivity contribution in [3.63, 3.8) is 0 Å². The number of aryl methyl sites for hydroxylation is 2. The molecule has 2 aromatic rings. The average Bonchev–Trinajstić information content (AvgIpc) is 2.70. The third-order valence-electron chi connectivity index (χ3n) is 5.96. The lowest BCUT2D eigenvalue weighted by molar-refractivity contribution is -0.133. The van der Waals surface area contributed by atoms with E-state index in [0.29, 0.717) is 24.7 Å². The van der Waals surface area contributed by atoms with Gasteiger partial charge in [0, 0.05) is 13.1 Å². The van der Waals surface area contributed by atoms with Crippen molar-refractivity contribution in [2.45, 2.75) is 46.1 Å². The molecule has 0 saturated carbocycles. The Kier molecular flexibility index (Phi) is 6.86. The molecule has 3 rings (SSSR count). The van der Waals surface area contributed by atoms with Crippen molar-refractivity contribution in [1.29, 1.82) is 0 Å². The number of hydrogen-bond acceptors (Lipinski definition) is 3. The van der Waals surface area contributed by atoms with Crippen molar-refractivity contribution in [1.82, 2.24) is 4.90 Å². The van der Waals surface area contributed by atoms with E-state index >= 15 is 0 Å². The number of piperidine rings is 1. The molecule has 0 radical (unpaired) electrons. The molecular weight excluding hydrogens is 396 g/mol. The minimum atomic E-state index is -3.61. The second kappa shape index (κ2) is 9.21. The quantitative estimate of drug-likeness (QED) is 0.700. The van der Waals surface area contributed by atoms with Crippen LogP contribution < -0.4 is 4.31 Å². The Morgan fingerprint density at radius 1 is 1.10 bits per heavy atom. The Labute approximate surface area is 180 Å². The van der Waals surface area contributed by atoms with Gasteiger partial charge >= 0.3 is 0 Å². The van der Waals surface area contributed by atoms with E-state index in [-0.39, 0.29) is 5.91 Å². The molecule has 2 aromatic carbocycles. The van der Waals surface area contributed by atoms with Gasteiger partial charge in [0.1, 0.15) is 6.04 Å². The monoisotopic (exact) mass is 428 g/mol. The van der Waals surface area contributed by atoms with Gasteiger partial charge in [-0.05, 0) is 68.7 Å². The first-order chi connectivity index (χ1) is 14.2. The largest absolute Gasteiger partial charge is 0.341 e. The molecule has 0 N–H and O–H groups in total. The summed E-state index contributed by atoms with van der Waals surface area (Å²) in [5.74, 6) is 0.427. The molecule has 5 nitrogen and oxygen atoms in total. The van der Waals surface area contributed by atoms with Gasteiger partial charge in [-0.1, -0.05) is 42.5 Å². The standard InChI is InChI=1S/C24H32N2O3S/c1-18-10-11-19(2)23(16-18)26(30(4,28)29)20(3)24(27)25-14-12-22(13-15-25)17-21-8-6-5-7-9-21/h5-11,16,20,22H,12-15,17H2,1-4H3/t20-/m1/s1. The maximum absolute atomic E-state index is 13.2. The van der Waals surface area contributed by atoms with Crippen LogP contribution in [0.25, 0.3) is 0 Å². The Morgan fingerprint density at radius 2 is 1.73 bits per heavy atom. The zero-order valence-corrected chi connectivity index (χ0v) is 19.2. The zero-order valence-electron chi connectivity index (χ0n) is 18.3. The molecule has 0 aliphatic carbocycles. The van der Waals surface area contributed by atoms with E-state index < -0.39 is 16.1 Å². The number of anilines is 1. The van der Waals surface area contributed by atoms with Crippen molar-refractivity contribution in [3.05, 3.63) is 65.2 Å². The minimum absolute atomic E-state index is 0.125. The Morgan fingerprint density at radius 3 is 2.33 bits per heavy atom. The lowest BCUT2D eigenvalue weighted by Gasteiger charge is -2.37. The van der Waals surface area contributed by atoms with Crippen LogP contribution in [0.1, 0.15) is 36.5 Å². The minimum Gasteiger partial charge on any atom is -0.341 e. The second-order valence-electron chi connectivity index (χ2n) is 8.48. The van der Waals surface area contributed by atoms with Gasteiger partial charge in [0.2, 0.25) is 15.9 Å². The third kappa shape index (κ3) is 5.22. The Hall–Kier alpha value is -2.34. The highest BCUT2D eigenvalue weighted by molar-refractivity contribution is 7.92. The molecule has 1 aliphatic heterocycles. The van der Waals surface area contributed by atoms with Crippen molar-refractivity contribution in [2.75, 3.05) is 23.7 Å².